The van der Waals surface area contributed by atoms with Gasteiger partial charge in [0, 0.05) is 19.3 Å². The number of benzene rings is 1. The number of nitrogens with one attached hydrogen (secondary N) is 2. The second-order valence-electron chi connectivity index (χ2n) is 6.29. The summed E-state index contributed by atoms with van der Waals surface area (Å²) in [6.45, 7) is 2.55. The fourth-order valence-corrected chi connectivity index (χ4v) is 2.51. The van der Waals surface area contributed by atoms with Crippen LogP contribution in [0.5, 0.6) is 0 Å². The van der Waals surface area contributed by atoms with Crippen molar-refractivity contribution in [2.24, 2.45) is 4.99 Å². The lowest BCUT2D eigenvalue weighted by Gasteiger charge is -2.12. The second kappa shape index (κ2) is 14.8. The fraction of sp³-hybridized carbons (Fsp3) is 0.611. The van der Waals surface area contributed by atoms with Crippen LogP contribution < -0.4 is 10.6 Å². The van der Waals surface area contributed by atoms with Gasteiger partial charge in [-0.2, -0.15) is 13.2 Å². The van der Waals surface area contributed by atoms with Gasteiger partial charge in [-0.05, 0) is 18.1 Å². The molecule has 0 saturated heterocycles. The zero-order chi connectivity index (χ0) is 21.8. The van der Waals surface area contributed by atoms with E-state index in [0.29, 0.717) is 37.8 Å². The van der Waals surface area contributed by atoms with E-state index in [2.05, 4.69) is 20.4 Å². The third-order valence-electron chi connectivity index (χ3n) is 3.46. The lowest BCUT2D eigenvalue weighted by atomic mass is 10.1. The summed E-state index contributed by atoms with van der Waals surface area (Å²) in [4.78, 5) is 4.43. The molecule has 0 aliphatic carbocycles. The van der Waals surface area contributed by atoms with Crippen LogP contribution in [-0.4, -0.2) is 65.5 Å². The third-order valence-corrected chi connectivity index (χ3v) is 4.37. The Balaban J connectivity index is 0.00000841. The Bertz CT molecular complexity index is 729. The quantitative estimate of drug-likeness (QED) is 0.175. The van der Waals surface area contributed by atoms with Crippen LogP contribution in [0.4, 0.5) is 13.2 Å². The molecule has 0 bridgehead atoms. The maximum absolute atomic E-state index is 12.1. The van der Waals surface area contributed by atoms with Crippen molar-refractivity contribution in [3.05, 3.63) is 35.4 Å². The molecule has 30 heavy (non-hydrogen) atoms. The number of hydrogen-bond acceptors (Lipinski definition) is 5. The molecule has 0 unspecified atom stereocenters. The molecule has 12 heteroatoms. The molecule has 0 spiro atoms. The lowest BCUT2D eigenvalue weighted by Crippen LogP contribution is -2.39. The number of hydrogen-bond donors (Lipinski definition) is 2. The first kappa shape index (κ1) is 28.9. The molecule has 0 atom stereocenters. The molecule has 7 nitrogen and oxygen atoms in total. The molecule has 0 aromatic heterocycles. The Morgan fingerprint density at radius 1 is 1.07 bits per heavy atom. The smallest absolute Gasteiger partial charge is 0.379 e. The van der Waals surface area contributed by atoms with Crippen LogP contribution in [0, 0.1) is 0 Å². The number of ether oxygens (including phenoxy) is 2. The molecule has 0 radical (unpaired) electrons. The Hall–Kier alpha value is -1.12. The fourth-order valence-electron chi connectivity index (χ4n) is 2.09. The maximum Gasteiger partial charge on any atom is 0.411 e. The molecule has 0 amide bonds. The highest BCUT2D eigenvalue weighted by molar-refractivity contribution is 14.0. The number of sulfone groups is 1. The zero-order valence-electron chi connectivity index (χ0n) is 17.0. The van der Waals surface area contributed by atoms with E-state index in [0.717, 1.165) is 11.8 Å². The molecule has 0 heterocycles. The molecular weight excluding hydrogens is 538 g/mol. The van der Waals surface area contributed by atoms with E-state index in [-0.39, 0.29) is 42.9 Å². The molecule has 1 rings (SSSR count). The van der Waals surface area contributed by atoms with Gasteiger partial charge >= 0.3 is 6.18 Å². The van der Waals surface area contributed by atoms with E-state index in [1.807, 2.05) is 6.92 Å². The SMILES string of the molecule is CCNC(=NCc1ccc(COCC(F)(F)F)cc1)NCCOCCS(C)(=O)=O.I. The summed E-state index contributed by atoms with van der Waals surface area (Å²) in [6.07, 6.45) is -3.17. The van der Waals surface area contributed by atoms with E-state index in [4.69, 9.17) is 4.74 Å². The monoisotopic (exact) mass is 567 g/mol. The molecule has 1 aromatic carbocycles. The molecule has 174 valence electrons. The lowest BCUT2D eigenvalue weighted by molar-refractivity contribution is -0.176. The highest BCUT2D eigenvalue weighted by Gasteiger charge is 2.27. The van der Waals surface area contributed by atoms with Crippen molar-refractivity contribution in [1.82, 2.24) is 10.6 Å². The number of rotatable bonds is 12. The van der Waals surface area contributed by atoms with Crippen LogP contribution in [0.3, 0.4) is 0 Å². The predicted molar refractivity (Wildman–Crippen MR) is 121 cm³/mol. The van der Waals surface area contributed by atoms with Crippen LogP contribution >= 0.6 is 24.0 Å². The summed E-state index contributed by atoms with van der Waals surface area (Å²) in [5, 5.41) is 6.16. The predicted octanol–water partition coefficient (Wildman–Crippen LogP) is 2.50. The molecule has 0 fully saturated rings. The van der Waals surface area contributed by atoms with Crippen LogP contribution in [0.1, 0.15) is 18.1 Å². The van der Waals surface area contributed by atoms with Crippen molar-refractivity contribution in [3.8, 4) is 0 Å². The van der Waals surface area contributed by atoms with E-state index < -0.39 is 22.6 Å². The van der Waals surface area contributed by atoms with E-state index >= 15 is 0 Å². The summed E-state index contributed by atoms with van der Waals surface area (Å²) < 4.78 is 68.1. The molecule has 0 aliphatic heterocycles. The largest absolute Gasteiger partial charge is 0.411 e. The Labute approximate surface area is 192 Å². The first-order valence-electron chi connectivity index (χ1n) is 9.09. The minimum Gasteiger partial charge on any atom is -0.379 e. The molecule has 0 saturated carbocycles. The van der Waals surface area contributed by atoms with Crippen LogP contribution in [-0.2, 0) is 32.5 Å². The van der Waals surface area contributed by atoms with Gasteiger partial charge < -0.3 is 20.1 Å². The van der Waals surface area contributed by atoms with Gasteiger partial charge in [-0.25, -0.2) is 13.4 Å². The van der Waals surface area contributed by atoms with Gasteiger partial charge in [0.15, 0.2) is 5.96 Å². The molecule has 1 aromatic rings. The Morgan fingerprint density at radius 2 is 1.70 bits per heavy atom. The van der Waals surface area contributed by atoms with Crippen molar-refractivity contribution in [2.75, 3.05) is 44.9 Å². The molecular formula is C18H29F3IN3O4S. The summed E-state index contributed by atoms with van der Waals surface area (Å²) in [7, 11) is -3.03. The van der Waals surface area contributed by atoms with Gasteiger partial charge in [0.05, 0.1) is 32.1 Å². The van der Waals surface area contributed by atoms with Crippen molar-refractivity contribution >= 4 is 39.8 Å². The first-order chi connectivity index (χ1) is 13.6. The average Bonchev–Trinajstić information content (AvgIpc) is 2.61. The third kappa shape index (κ3) is 15.7. The van der Waals surface area contributed by atoms with Crippen LogP contribution in [0.15, 0.2) is 29.3 Å². The highest BCUT2D eigenvalue weighted by Crippen LogP contribution is 2.16. The minimum absolute atomic E-state index is 0. The van der Waals surface area contributed by atoms with Gasteiger partial charge in [-0.1, -0.05) is 24.3 Å². The second-order valence-corrected chi connectivity index (χ2v) is 8.55. The first-order valence-corrected chi connectivity index (χ1v) is 11.1. The van der Waals surface area contributed by atoms with Crippen molar-refractivity contribution in [2.45, 2.75) is 26.3 Å². The van der Waals surface area contributed by atoms with Crippen molar-refractivity contribution < 1.29 is 31.1 Å². The van der Waals surface area contributed by atoms with E-state index in [1.54, 1.807) is 24.3 Å². The number of guanidine groups is 1. The van der Waals surface area contributed by atoms with Gasteiger partial charge in [-0.3, -0.25) is 0 Å². The molecule has 2 N–H and O–H groups in total. The van der Waals surface area contributed by atoms with Crippen LogP contribution in [0.25, 0.3) is 0 Å². The van der Waals surface area contributed by atoms with Gasteiger partial charge in [-0.15, -0.1) is 24.0 Å². The number of alkyl halides is 3. The van der Waals surface area contributed by atoms with Crippen molar-refractivity contribution in [1.29, 1.82) is 0 Å². The summed E-state index contributed by atoms with van der Waals surface area (Å²) in [6, 6.07) is 6.98. The Kier molecular flexibility index (Phi) is 14.3. The van der Waals surface area contributed by atoms with E-state index in [9.17, 15) is 21.6 Å². The minimum atomic E-state index is -4.33. The van der Waals surface area contributed by atoms with Crippen molar-refractivity contribution in [3.63, 3.8) is 0 Å². The molecule has 0 aliphatic rings. The number of aliphatic imine (C=N–C) groups is 1. The van der Waals surface area contributed by atoms with Gasteiger partial charge in [0.1, 0.15) is 16.4 Å². The average molecular weight is 567 g/mol. The number of halogens is 4. The maximum atomic E-state index is 12.1. The normalized spacial score (nSPS) is 12.4. The topological polar surface area (TPSA) is 89.0 Å². The summed E-state index contributed by atoms with van der Waals surface area (Å²) >= 11 is 0. The summed E-state index contributed by atoms with van der Waals surface area (Å²) in [5.74, 6) is 0.565. The van der Waals surface area contributed by atoms with Gasteiger partial charge in [0.2, 0.25) is 0 Å². The standard InChI is InChI=1S/C18H28F3N3O4S.HI/c1-3-22-17(23-8-9-27-10-11-29(2,25)26)24-12-15-4-6-16(7-5-15)13-28-14-18(19,20)21;/h4-7H,3,8-14H2,1-2H3,(H2,22,23,24);1H. The van der Waals surface area contributed by atoms with Crippen LogP contribution in [0.2, 0.25) is 0 Å². The Morgan fingerprint density at radius 3 is 2.27 bits per heavy atom. The number of nitrogens with zero attached hydrogens (tertiary/aromatic N) is 1. The zero-order valence-corrected chi connectivity index (χ0v) is 20.1. The highest BCUT2D eigenvalue weighted by atomic mass is 127. The van der Waals surface area contributed by atoms with E-state index in [1.165, 1.54) is 0 Å². The summed E-state index contributed by atoms with van der Waals surface area (Å²) in [5.41, 5.74) is 1.55. The van der Waals surface area contributed by atoms with Gasteiger partial charge in [0.25, 0.3) is 0 Å².